The summed E-state index contributed by atoms with van der Waals surface area (Å²) in [7, 11) is 1.76. The van der Waals surface area contributed by atoms with Crippen LogP contribution in [0.3, 0.4) is 0 Å². The maximum absolute atomic E-state index is 11.4. The molecule has 10 heteroatoms. The molecule has 188 valence electrons. The van der Waals surface area contributed by atoms with Crippen LogP contribution < -0.4 is 15.5 Å². The highest BCUT2D eigenvalue weighted by Gasteiger charge is 2.24. The molecule has 1 fully saturated rings. The molecule has 1 saturated heterocycles. The van der Waals surface area contributed by atoms with Crippen LogP contribution in [0.2, 0.25) is 0 Å². The molecule has 1 amide bonds. The van der Waals surface area contributed by atoms with Crippen molar-refractivity contribution in [1.29, 1.82) is 0 Å². The molecule has 1 aliphatic heterocycles. The van der Waals surface area contributed by atoms with Gasteiger partial charge in [0.15, 0.2) is 11.6 Å². The number of benzene rings is 1. The number of rotatable bonds is 6. The molecular formula is C26H32N8O2. The van der Waals surface area contributed by atoms with Crippen LogP contribution in [0.15, 0.2) is 48.7 Å². The summed E-state index contributed by atoms with van der Waals surface area (Å²) in [5.74, 6) is 1.98. The van der Waals surface area contributed by atoms with E-state index < -0.39 is 0 Å². The van der Waals surface area contributed by atoms with E-state index >= 15 is 0 Å². The second-order valence-corrected chi connectivity index (χ2v) is 8.91. The van der Waals surface area contributed by atoms with E-state index in [1.807, 2.05) is 36.4 Å². The van der Waals surface area contributed by atoms with Crippen LogP contribution in [-0.4, -0.2) is 75.3 Å². The summed E-state index contributed by atoms with van der Waals surface area (Å²) in [6, 6.07) is 11.1. The standard InChI is InChI=1S/C26H32N8O2/c1-18-11-14-33(22-17-21(30-31-26(22)27)20-7-4-5-8-23(20)36)15-16-34(18)25-10-12-28-24(29-25)9-6-13-32(3)19(2)35/h4-10,12,17-18,36H,11,13-16H2,1-3H3,(H2,27,31)/t18-/m1/s1. The third-order valence-electron chi connectivity index (χ3n) is 6.42. The minimum absolute atomic E-state index is 0.00925. The maximum atomic E-state index is 11.4. The van der Waals surface area contributed by atoms with Gasteiger partial charge in [-0.2, -0.15) is 0 Å². The Bertz CT molecular complexity index is 1250. The number of phenolic OH excluding ortho intramolecular Hbond substituents is 1. The molecule has 0 aliphatic carbocycles. The number of hydrogen-bond donors (Lipinski definition) is 2. The number of carbonyl (C=O) groups excluding carboxylic acids is 1. The lowest BCUT2D eigenvalue weighted by atomic mass is 10.1. The van der Waals surface area contributed by atoms with Gasteiger partial charge in [-0.1, -0.05) is 18.2 Å². The highest BCUT2D eigenvalue weighted by Crippen LogP contribution is 2.32. The minimum Gasteiger partial charge on any atom is -0.507 e. The zero-order valence-electron chi connectivity index (χ0n) is 20.9. The number of para-hydroxylation sites is 1. The van der Waals surface area contributed by atoms with Crippen LogP contribution in [0.5, 0.6) is 5.75 Å². The van der Waals surface area contributed by atoms with E-state index in [0.29, 0.717) is 29.4 Å². The molecule has 3 heterocycles. The number of likely N-dealkylation sites (N-methyl/N-ethyl adjacent to an activating group) is 1. The van der Waals surface area contributed by atoms with Crippen LogP contribution >= 0.6 is 0 Å². The average molecular weight is 489 g/mol. The number of hydrogen-bond acceptors (Lipinski definition) is 9. The number of aromatic hydroxyl groups is 1. The summed E-state index contributed by atoms with van der Waals surface area (Å²) < 4.78 is 0. The Hall–Kier alpha value is -4.21. The smallest absolute Gasteiger partial charge is 0.219 e. The lowest BCUT2D eigenvalue weighted by Crippen LogP contribution is -2.35. The summed E-state index contributed by atoms with van der Waals surface area (Å²) >= 11 is 0. The van der Waals surface area contributed by atoms with Gasteiger partial charge in [0.05, 0.1) is 11.4 Å². The summed E-state index contributed by atoms with van der Waals surface area (Å²) in [6.45, 7) is 6.48. The predicted molar refractivity (Wildman–Crippen MR) is 142 cm³/mol. The van der Waals surface area contributed by atoms with Crippen LogP contribution in [0.1, 0.15) is 26.1 Å². The number of carbonyl (C=O) groups is 1. The highest BCUT2D eigenvalue weighted by molar-refractivity contribution is 5.74. The third kappa shape index (κ3) is 5.70. The van der Waals surface area contributed by atoms with Gasteiger partial charge in [0, 0.05) is 58.0 Å². The number of phenols is 1. The van der Waals surface area contributed by atoms with Crippen LogP contribution in [0, 0.1) is 0 Å². The summed E-state index contributed by atoms with van der Waals surface area (Å²) in [6.07, 6.45) is 6.37. The van der Waals surface area contributed by atoms with E-state index in [1.54, 1.807) is 30.3 Å². The lowest BCUT2D eigenvalue weighted by molar-refractivity contribution is -0.127. The topological polar surface area (TPSA) is 125 Å². The van der Waals surface area contributed by atoms with Gasteiger partial charge < -0.3 is 25.5 Å². The van der Waals surface area contributed by atoms with Crippen molar-refractivity contribution in [3.63, 3.8) is 0 Å². The highest BCUT2D eigenvalue weighted by atomic mass is 16.3. The number of nitrogen functional groups attached to an aromatic ring is 1. The largest absolute Gasteiger partial charge is 0.507 e. The van der Waals surface area contributed by atoms with Gasteiger partial charge in [0.2, 0.25) is 5.91 Å². The average Bonchev–Trinajstić information content (AvgIpc) is 3.06. The molecule has 1 atom stereocenters. The zero-order valence-corrected chi connectivity index (χ0v) is 20.9. The van der Waals surface area contributed by atoms with Gasteiger partial charge in [-0.15, -0.1) is 10.2 Å². The van der Waals surface area contributed by atoms with E-state index in [2.05, 4.69) is 31.9 Å². The van der Waals surface area contributed by atoms with Crippen molar-refractivity contribution in [2.45, 2.75) is 26.3 Å². The molecule has 10 nitrogen and oxygen atoms in total. The van der Waals surface area contributed by atoms with Gasteiger partial charge in [-0.25, -0.2) is 9.97 Å². The number of amides is 1. The first kappa shape index (κ1) is 24.9. The normalized spacial score (nSPS) is 16.2. The second-order valence-electron chi connectivity index (χ2n) is 8.91. The number of nitrogens with two attached hydrogens (primary N) is 1. The first-order valence-electron chi connectivity index (χ1n) is 12.0. The first-order valence-corrected chi connectivity index (χ1v) is 12.0. The molecule has 0 unspecified atom stereocenters. The minimum atomic E-state index is 0.00925. The fourth-order valence-corrected chi connectivity index (χ4v) is 4.16. The molecule has 0 spiro atoms. The van der Waals surface area contributed by atoms with Crippen molar-refractivity contribution >= 4 is 29.3 Å². The SMILES string of the molecule is CC(=O)N(C)CC=Cc1nccc(N2CCN(c3cc(-c4ccccc4O)nnc3N)CC[C@H]2C)n1. The van der Waals surface area contributed by atoms with E-state index in [-0.39, 0.29) is 17.7 Å². The third-order valence-corrected chi connectivity index (χ3v) is 6.42. The van der Waals surface area contributed by atoms with E-state index in [1.165, 1.54) is 6.92 Å². The zero-order chi connectivity index (χ0) is 25.7. The van der Waals surface area contributed by atoms with Gasteiger partial charge in [0.1, 0.15) is 11.6 Å². The lowest BCUT2D eigenvalue weighted by Gasteiger charge is -2.28. The molecule has 3 aromatic rings. The summed E-state index contributed by atoms with van der Waals surface area (Å²) in [5, 5.41) is 18.6. The monoisotopic (exact) mass is 488 g/mol. The Morgan fingerprint density at radius 1 is 1.22 bits per heavy atom. The van der Waals surface area contributed by atoms with E-state index in [4.69, 9.17) is 10.7 Å². The molecule has 0 radical (unpaired) electrons. The molecule has 4 rings (SSSR count). The Labute approximate surface area is 211 Å². The number of nitrogens with zero attached hydrogens (tertiary/aromatic N) is 7. The van der Waals surface area contributed by atoms with Gasteiger partial charge in [0.25, 0.3) is 0 Å². The fraction of sp³-hybridized carbons (Fsp3) is 0.346. The van der Waals surface area contributed by atoms with Crippen molar-refractivity contribution in [2.24, 2.45) is 0 Å². The predicted octanol–water partition coefficient (Wildman–Crippen LogP) is 2.82. The summed E-state index contributed by atoms with van der Waals surface area (Å²) in [5.41, 5.74) is 8.23. The van der Waals surface area contributed by atoms with Crippen molar-refractivity contribution in [3.8, 4) is 17.0 Å². The molecule has 2 aromatic heterocycles. The van der Waals surface area contributed by atoms with Crippen molar-refractivity contribution in [1.82, 2.24) is 25.1 Å². The molecule has 0 saturated carbocycles. The van der Waals surface area contributed by atoms with Crippen LogP contribution in [-0.2, 0) is 4.79 Å². The quantitative estimate of drug-likeness (QED) is 0.539. The Balaban J connectivity index is 1.51. The van der Waals surface area contributed by atoms with E-state index in [0.717, 1.165) is 37.6 Å². The van der Waals surface area contributed by atoms with Gasteiger partial charge in [-0.3, -0.25) is 4.79 Å². The molecule has 0 bridgehead atoms. The molecule has 1 aromatic carbocycles. The van der Waals surface area contributed by atoms with Crippen LogP contribution in [0.4, 0.5) is 17.3 Å². The van der Waals surface area contributed by atoms with Crippen LogP contribution in [0.25, 0.3) is 17.3 Å². The van der Waals surface area contributed by atoms with Crippen molar-refractivity contribution in [3.05, 3.63) is 54.5 Å². The number of aromatic nitrogens is 4. The van der Waals surface area contributed by atoms with Crippen molar-refractivity contribution < 1.29 is 9.90 Å². The number of anilines is 3. The Morgan fingerprint density at radius 3 is 2.81 bits per heavy atom. The maximum Gasteiger partial charge on any atom is 0.219 e. The molecule has 36 heavy (non-hydrogen) atoms. The summed E-state index contributed by atoms with van der Waals surface area (Å²) in [4.78, 5) is 26.6. The van der Waals surface area contributed by atoms with Crippen molar-refractivity contribution in [2.75, 3.05) is 48.8 Å². The molecule has 3 N–H and O–H groups in total. The first-order chi connectivity index (χ1) is 17.3. The second kappa shape index (κ2) is 11.0. The Kier molecular flexibility index (Phi) is 7.62. The molecular weight excluding hydrogens is 456 g/mol. The fourth-order valence-electron chi connectivity index (χ4n) is 4.16. The molecule has 1 aliphatic rings. The van der Waals surface area contributed by atoms with Gasteiger partial charge in [-0.05, 0) is 43.7 Å². The Morgan fingerprint density at radius 2 is 2.03 bits per heavy atom. The van der Waals surface area contributed by atoms with E-state index in [9.17, 15) is 9.90 Å². The van der Waals surface area contributed by atoms with Gasteiger partial charge >= 0.3 is 0 Å².